The number of aromatic nitrogens is 1. The Balaban J connectivity index is 1.97. The number of halogens is 4. The molecule has 0 saturated heterocycles. The highest BCUT2D eigenvalue weighted by Crippen LogP contribution is 2.38. The number of fused-ring (bicyclic) bond motifs is 1. The first-order valence-electron chi connectivity index (χ1n) is 13.0. The third kappa shape index (κ3) is 7.49. The van der Waals surface area contributed by atoms with Gasteiger partial charge in [0, 0.05) is 29.6 Å². The van der Waals surface area contributed by atoms with Crippen LogP contribution in [0.25, 0.3) is 10.2 Å². The number of hydrogen-bond acceptors (Lipinski definition) is 6. The van der Waals surface area contributed by atoms with E-state index in [-0.39, 0.29) is 32.3 Å². The van der Waals surface area contributed by atoms with Gasteiger partial charge in [0.05, 0.1) is 21.8 Å². The van der Waals surface area contributed by atoms with Crippen molar-refractivity contribution in [2.75, 3.05) is 12.4 Å². The van der Waals surface area contributed by atoms with Crippen LogP contribution in [0.5, 0.6) is 5.75 Å². The molecule has 1 unspecified atom stereocenters. The zero-order chi connectivity index (χ0) is 31.6. The fourth-order valence-corrected chi connectivity index (χ4v) is 6.14. The fraction of sp³-hybridized carbons (Fsp3) is 0.267. The van der Waals surface area contributed by atoms with Gasteiger partial charge >= 0.3 is 0 Å². The topological polar surface area (TPSA) is 101 Å². The minimum atomic E-state index is -1.49. The molecule has 0 spiro atoms. The number of hydrogen-bond donors (Lipinski definition) is 2. The summed E-state index contributed by atoms with van der Waals surface area (Å²) >= 11 is 10.7. The van der Waals surface area contributed by atoms with Crippen LogP contribution in [0, 0.1) is 11.6 Å². The molecular formula is C30H28BrClF2N4O4S. The van der Waals surface area contributed by atoms with E-state index in [0.717, 1.165) is 28.4 Å². The Morgan fingerprint density at radius 2 is 1.79 bits per heavy atom. The number of nitrogens with zero attached hydrogens (tertiary/aromatic N) is 2. The number of amides is 3. The Morgan fingerprint density at radius 3 is 2.40 bits per heavy atom. The van der Waals surface area contributed by atoms with E-state index >= 15 is 4.39 Å². The summed E-state index contributed by atoms with van der Waals surface area (Å²) in [4.78, 5) is 45.7. The van der Waals surface area contributed by atoms with Gasteiger partial charge in [-0.25, -0.2) is 13.8 Å². The van der Waals surface area contributed by atoms with E-state index in [0.29, 0.717) is 16.0 Å². The highest BCUT2D eigenvalue weighted by Gasteiger charge is 2.38. The summed E-state index contributed by atoms with van der Waals surface area (Å²) in [5.41, 5.74) is -0.625. The number of methoxy groups -OCH3 is 1. The van der Waals surface area contributed by atoms with E-state index in [2.05, 4.69) is 31.5 Å². The van der Waals surface area contributed by atoms with E-state index in [1.165, 1.54) is 26.2 Å². The van der Waals surface area contributed by atoms with Crippen molar-refractivity contribution in [3.8, 4) is 5.75 Å². The summed E-state index contributed by atoms with van der Waals surface area (Å²) in [5.74, 6) is -3.01. The lowest BCUT2D eigenvalue weighted by molar-refractivity contribution is -0.127. The molecule has 3 aromatic carbocycles. The number of anilines is 1. The Bertz CT molecular complexity index is 1710. The van der Waals surface area contributed by atoms with Crippen molar-refractivity contribution in [2.24, 2.45) is 0 Å². The highest BCUT2D eigenvalue weighted by atomic mass is 79.9. The van der Waals surface area contributed by atoms with Gasteiger partial charge in [-0.1, -0.05) is 35.1 Å². The molecule has 8 nitrogen and oxygen atoms in total. The van der Waals surface area contributed by atoms with Crippen molar-refractivity contribution in [3.05, 3.63) is 86.4 Å². The van der Waals surface area contributed by atoms with Crippen LogP contribution in [0.15, 0.2) is 53.0 Å². The maximum absolute atomic E-state index is 15.9. The number of carbonyl (C=O) groups excluding carboxylic acids is 3. The first-order chi connectivity index (χ1) is 20.2. The van der Waals surface area contributed by atoms with Crippen LogP contribution in [0.2, 0.25) is 5.02 Å². The van der Waals surface area contributed by atoms with Crippen molar-refractivity contribution in [2.45, 2.75) is 45.8 Å². The van der Waals surface area contributed by atoms with Crippen molar-refractivity contribution in [3.63, 3.8) is 0 Å². The molecule has 0 aliphatic carbocycles. The van der Waals surface area contributed by atoms with Gasteiger partial charge in [0.15, 0.2) is 10.9 Å². The average Bonchev–Trinajstić information content (AvgIpc) is 3.30. The lowest BCUT2D eigenvalue weighted by Gasteiger charge is -2.34. The molecule has 1 aromatic heterocycles. The molecule has 4 aromatic rings. The fourth-order valence-electron chi connectivity index (χ4n) is 4.37. The number of thiazole rings is 1. The monoisotopic (exact) mass is 692 g/mol. The van der Waals surface area contributed by atoms with Crippen LogP contribution < -0.4 is 15.4 Å². The maximum Gasteiger partial charge on any atom is 0.260 e. The largest absolute Gasteiger partial charge is 0.497 e. The van der Waals surface area contributed by atoms with E-state index < -0.39 is 46.5 Å². The maximum atomic E-state index is 15.9. The minimum Gasteiger partial charge on any atom is -0.497 e. The van der Waals surface area contributed by atoms with Gasteiger partial charge in [0.1, 0.15) is 23.2 Å². The predicted molar refractivity (Wildman–Crippen MR) is 166 cm³/mol. The van der Waals surface area contributed by atoms with Gasteiger partial charge in [0.2, 0.25) is 11.8 Å². The first kappa shape index (κ1) is 32.3. The molecule has 0 fully saturated rings. The van der Waals surface area contributed by atoms with Gasteiger partial charge < -0.3 is 20.3 Å². The third-order valence-electron chi connectivity index (χ3n) is 6.16. The molecule has 226 valence electrons. The summed E-state index contributed by atoms with van der Waals surface area (Å²) in [5, 5.41) is 5.59. The number of ether oxygens (including phenoxy) is 1. The number of rotatable bonds is 8. The molecule has 0 bridgehead atoms. The standard InChI is InChI=1S/C30H28BrClF2N4O4S/c1-15(39)35-29-36-25-22(43-29)13-20(31)24(34)23(25)28(41)38(14-16-6-9-18(42-5)10-7-16)26(27(40)37-30(2,3)4)19-12-17(33)8-11-21(19)32/h6-13,26H,14H2,1-5H3,(H,37,40)(H,35,36,39). The zero-order valence-electron chi connectivity index (χ0n) is 23.9. The molecule has 2 N–H and O–H groups in total. The second kappa shape index (κ2) is 12.9. The van der Waals surface area contributed by atoms with Crippen LogP contribution >= 0.6 is 38.9 Å². The SMILES string of the molecule is COc1ccc(CN(C(=O)c2c(F)c(Br)cc3sc(NC(C)=O)nc23)C(C(=O)NC(C)(C)C)c2cc(F)ccc2Cl)cc1. The van der Waals surface area contributed by atoms with Gasteiger partial charge in [0.25, 0.3) is 5.91 Å². The molecule has 4 rings (SSSR count). The van der Waals surface area contributed by atoms with Gasteiger partial charge in [-0.2, -0.15) is 0 Å². The molecule has 1 atom stereocenters. The summed E-state index contributed by atoms with van der Waals surface area (Å²) < 4.78 is 36.2. The van der Waals surface area contributed by atoms with Gasteiger partial charge in [-0.05, 0) is 78.7 Å². The van der Waals surface area contributed by atoms with Gasteiger partial charge in [-0.3, -0.25) is 14.4 Å². The van der Waals surface area contributed by atoms with Crippen molar-refractivity contribution in [1.29, 1.82) is 0 Å². The summed E-state index contributed by atoms with van der Waals surface area (Å²) in [6, 6.07) is 10.2. The van der Waals surface area contributed by atoms with E-state index in [9.17, 15) is 18.8 Å². The molecule has 3 amide bonds. The van der Waals surface area contributed by atoms with Crippen molar-refractivity contribution < 1.29 is 27.9 Å². The number of carbonyl (C=O) groups is 3. The third-order valence-corrected chi connectivity index (χ3v) is 8.00. The predicted octanol–water partition coefficient (Wildman–Crippen LogP) is 7.26. The zero-order valence-corrected chi connectivity index (χ0v) is 27.0. The molecule has 0 aliphatic heterocycles. The quantitative estimate of drug-likeness (QED) is 0.203. The van der Waals surface area contributed by atoms with Crippen LogP contribution in [-0.4, -0.2) is 40.3 Å². The van der Waals surface area contributed by atoms with Crippen molar-refractivity contribution >= 4 is 71.9 Å². The summed E-state index contributed by atoms with van der Waals surface area (Å²) in [6.07, 6.45) is 0. The summed E-state index contributed by atoms with van der Waals surface area (Å²) in [7, 11) is 1.51. The Labute approximate surface area is 264 Å². The summed E-state index contributed by atoms with van der Waals surface area (Å²) in [6.45, 7) is 6.35. The lowest BCUT2D eigenvalue weighted by Crippen LogP contribution is -2.49. The molecule has 0 saturated carbocycles. The molecule has 0 aliphatic rings. The van der Waals surface area contributed by atoms with Crippen LogP contribution in [0.3, 0.4) is 0 Å². The van der Waals surface area contributed by atoms with Crippen LogP contribution in [0.1, 0.15) is 55.2 Å². The minimum absolute atomic E-state index is 0.00846. The van der Waals surface area contributed by atoms with E-state index in [1.54, 1.807) is 45.0 Å². The first-order valence-corrected chi connectivity index (χ1v) is 14.9. The Kier molecular flexibility index (Phi) is 9.73. The van der Waals surface area contributed by atoms with Crippen molar-refractivity contribution in [1.82, 2.24) is 15.2 Å². The second-order valence-corrected chi connectivity index (χ2v) is 13.0. The second-order valence-electron chi connectivity index (χ2n) is 10.7. The smallest absolute Gasteiger partial charge is 0.260 e. The van der Waals surface area contributed by atoms with Crippen LogP contribution in [-0.2, 0) is 16.1 Å². The van der Waals surface area contributed by atoms with E-state index in [4.69, 9.17) is 16.3 Å². The lowest BCUT2D eigenvalue weighted by atomic mass is 9.99. The number of benzene rings is 3. The molecule has 1 heterocycles. The Morgan fingerprint density at radius 1 is 1.12 bits per heavy atom. The molecule has 43 heavy (non-hydrogen) atoms. The normalized spacial score (nSPS) is 12.1. The number of nitrogens with one attached hydrogen (secondary N) is 2. The average molecular weight is 694 g/mol. The van der Waals surface area contributed by atoms with E-state index in [1.807, 2.05) is 0 Å². The highest BCUT2D eigenvalue weighted by molar-refractivity contribution is 9.10. The molecular weight excluding hydrogens is 666 g/mol. The molecule has 13 heteroatoms. The Hall–Kier alpha value is -3.61. The van der Waals surface area contributed by atoms with Gasteiger partial charge in [-0.15, -0.1) is 0 Å². The van der Waals surface area contributed by atoms with Crippen LogP contribution in [0.4, 0.5) is 13.9 Å². The molecule has 0 radical (unpaired) electrons.